The van der Waals surface area contributed by atoms with Crippen LogP contribution in [-0.2, 0) is 0 Å². The number of nitrogens with zero attached hydrogens (tertiary/aromatic N) is 1. The predicted octanol–water partition coefficient (Wildman–Crippen LogP) is 3.53. The van der Waals surface area contributed by atoms with Crippen molar-refractivity contribution in [3.63, 3.8) is 0 Å². The van der Waals surface area contributed by atoms with Gasteiger partial charge in [0.2, 0.25) is 0 Å². The molecule has 2 aromatic rings. The second kappa shape index (κ2) is 5.21. The van der Waals surface area contributed by atoms with Crippen LogP contribution in [0.4, 0.5) is 22.7 Å². The molecule has 3 N–H and O–H groups in total. The molecular formula is C12H10IN3O2. The zero-order valence-electron chi connectivity index (χ0n) is 9.26. The van der Waals surface area contributed by atoms with Gasteiger partial charge >= 0.3 is 0 Å². The third kappa shape index (κ3) is 2.89. The summed E-state index contributed by atoms with van der Waals surface area (Å²) in [5.41, 5.74) is 7.51. The first kappa shape index (κ1) is 12.6. The highest BCUT2D eigenvalue weighted by atomic mass is 127. The molecular weight excluding hydrogens is 345 g/mol. The zero-order chi connectivity index (χ0) is 13.1. The maximum absolute atomic E-state index is 11.0. The summed E-state index contributed by atoms with van der Waals surface area (Å²) >= 11 is 2.04. The van der Waals surface area contributed by atoms with E-state index in [9.17, 15) is 10.1 Å². The molecule has 92 valence electrons. The Kier molecular flexibility index (Phi) is 3.66. The topological polar surface area (TPSA) is 81.2 Å². The van der Waals surface area contributed by atoms with Crippen LogP contribution in [0.1, 0.15) is 0 Å². The quantitative estimate of drug-likeness (QED) is 0.382. The monoisotopic (exact) mass is 355 g/mol. The molecule has 0 saturated heterocycles. The van der Waals surface area contributed by atoms with Crippen molar-refractivity contribution in [2.24, 2.45) is 0 Å². The second-order valence-corrected chi connectivity index (χ2v) is 4.91. The van der Waals surface area contributed by atoms with Crippen molar-refractivity contribution < 1.29 is 4.92 Å². The minimum absolute atomic E-state index is 0.0544. The molecule has 18 heavy (non-hydrogen) atoms. The van der Waals surface area contributed by atoms with Gasteiger partial charge in [0.25, 0.3) is 5.69 Å². The Labute approximate surface area is 117 Å². The molecule has 6 heteroatoms. The number of nitrogens with one attached hydrogen (secondary N) is 1. The molecule has 0 amide bonds. The number of rotatable bonds is 3. The molecule has 0 spiro atoms. The number of halogens is 1. The van der Waals surface area contributed by atoms with Crippen molar-refractivity contribution in [1.29, 1.82) is 0 Å². The van der Waals surface area contributed by atoms with Crippen molar-refractivity contribution in [2.75, 3.05) is 11.1 Å². The van der Waals surface area contributed by atoms with Gasteiger partial charge in [-0.1, -0.05) is 0 Å². The van der Waals surface area contributed by atoms with E-state index in [-0.39, 0.29) is 5.69 Å². The molecule has 0 fully saturated rings. The molecule has 0 saturated carbocycles. The summed E-state index contributed by atoms with van der Waals surface area (Å²) in [6, 6.07) is 12.1. The van der Waals surface area contributed by atoms with Crippen molar-refractivity contribution in [1.82, 2.24) is 0 Å². The van der Waals surface area contributed by atoms with Gasteiger partial charge in [0.15, 0.2) is 0 Å². The minimum Gasteiger partial charge on any atom is -0.399 e. The Balaban J connectivity index is 2.34. The van der Waals surface area contributed by atoms with Crippen LogP contribution in [0.5, 0.6) is 0 Å². The van der Waals surface area contributed by atoms with Crippen molar-refractivity contribution >= 4 is 45.3 Å². The van der Waals surface area contributed by atoms with Crippen LogP contribution >= 0.6 is 22.6 Å². The van der Waals surface area contributed by atoms with Crippen LogP contribution in [0.15, 0.2) is 42.5 Å². The van der Waals surface area contributed by atoms with E-state index in [1.807, 2.05) is 28.7 Å². The Morgan fingerprint density at radius 1 is 1.17 bits per heavy atom. The van der Waals surface area contributed by atoms with Gasteiger partial charge in [-0.3, -0.25) is 10.1 Å². The van der Waals surface area contributed by atoms with Crippen LogP contribution in [-0.4, -0.2) is 4.92 Å². The van der Waals surface area contributed by atoms with Crippen molar-refractivity contribution in [2.45, 2.75) is 0 Å². The van der Waals surface area contributed by atoms with Gasteiger partial charge in [0, 0.05) is 21.0 Å². The van der Waals surface area contributed by atoms with E-state index >= 15 is 0 Å². The number of benzene rings is 2. The van der Waals surface area contributed by atoms with Gasteiger partial charge in [0.1, 0.15) is 5.69 Å². The molecule has 0 unspecified atom stereocenters. The molecule has 0 aliphatic carbocycles. The fourth-order valence-electron chi connectivity index (χ4n) is 1.48. The highest BCUT2D eigenvalue weighted by Gasteiger charge is 2.13. The standard InChI is InChI=1S/C12H10IN3O2/c13-8-1-6-11(12(7-8)16(17)18)15-10-4-2-9(14)3-5-10/h1-7,15H,14H2. The fourth-order valence-corrected chi connectivity index (χ4v) is 1.96. The third-order valence-corrected chi connectivity index (χ3v) is 3.02. The molecule has 0 atom stereocenters. The lowest BCUT2D eigenvalue weighted by Gasteiger charge is -2.07. The summed E-state index contributed by atoms with van der Waals surface area (Å²) < 4.78 is 0.821. The van der Waals surface area contributed by atoms with Gasteiger partial charge in [-0.15, -0.1) is 0 Å². The zero-order valence-corrected chi connectivity index (χ0v) is 11.4. The van der Waals surface area contributed by atoms with E-state index in [0.717, 1.165) is 9.26 Å². The summed E-state index contributed by atoms with van der Waals surface area (Å²) in [5, 5.41) is 14.0. The molecule has 2 aromatic carbocycles. The number of hydrogen-bond acceptors (Lipinski definition) is 4. The Morgan fingerprint density at radius 3 is 2.44 bits per heavy atom. The first-order valence-electron chi connectivity index (χ1n) is 5.13. The maximum atomic E-state index is 11.0. The molecule has 0 bridgehead atoms. The largest absolute Gasteiger partial charge is 0.399 e. The SMILES string of the molecule is Nc1ccc(Nc2ccc(I)cc2[N+](=O)[O-])cc1. The van der Waals surface area contributed by atoms with Gasteiger partial charge in [0.05, 0.1) is 4.92 Å². The van der Waals surface area contributed by atoms with Crippen molar-refractivity contribution in [3.05, 3.63) is 56.1 Å². The predicted molar refractivity (Wildman–Crippen MR) is 80.0 cm³/mol. The molecule has 2 rings (SSSR count). The van der Waals surface area contributed by atoms with E-state index in [1.54, 1.807) is 30.3 Å². The van der Waals surface area contributed by atoms with Crippen LogP contribution in [0.2, 0.25) is 0 Å². The summed E-state index contributed by atoms with van der Waals surface area (Å²) in [5.74, 6) is 0. The molecule has 0 heterocycles. The minimum atomic E-state index is -0.401. The number of nitro benzene ring substituents is 1. The second-order valence-electron chi connectivity index (χ2n) is 3.67. The number of nitrogens with two attached hydrogens (primary N) is 1. The summed E-state index contributed by atoms with van der Waals surface area (Å²) in [6.45, 7) is 0. The highest BCUT2D eigenvalue weighted by molar-refractivity contribution is 14.1. The molecule has 0 aromatic heterocycles. The Hall–Kier alpha value is -1.83. The first-order valence-corrected chi connectivity index (χ1v) is 6.20. The average Bonchev–Trinajstić information content (AvgIpc) is 2.34. The average molecular weight is 355 g/mol. The van der Waals surface area contributed by atoms with E-state index in [2.05, 4.69) is 5.32 Å². The number of nitro groups is 1. The Morgan fingerprint density at radius 2 is 1.83 bits per heavy atom. The smallest absolute Gasteiger partial charge is 0.293 e. The van der Waals surface area contributed by atoms with Crippen molar-refractivity contribution in [3.8, 4) is 0 Å². The van der Waals surface area contributed by atoms with Gasteiger partial charge in [-0.25, -0.2) is 0 Å². The number of anilines is 3. The third-order valence-electron chi connectivity index (χ3n) is 2.35. The van der Waals surface area contributed by atoms with Crippen LogP contribution < -0.4 is 11.1 Å². The fraction of sp³-hybridized carbons (Fsp3) is 0. The number of nitrogen functional groups attached to an aromatic ring is 1. The van der Waals surface area contributed by atoms with E-state index in [4.69, 9.17) is 5.73 Å². The van der Waals surface area contributed by atoms with Crippen LogP contribution in [0.25, 0.3) is 0 Å². The highest BCUT2D eigenvalue weighted by Crippen LogP contribution is 2.29. The first-order chi connectivity index (χ1) is 8.56. The summed E-state index contributed by atoms with van der Waals surface area (Å²) in [4.78, 5) is 10.6. The van der Waals surface area contributed by atoms with Crippen LogP contribution in [0, 0.1) is 13.7 Å². The lowest BCUT2D eigenvalue weighted by molar-refractivity contribution is -0.384. The van der Waals surface area contributed by atoms with Crippen LogP contribution in [0.3, 0.4) is 0 Å². The van der Waals surface area contributed by atoms with E-state index < -0.39 is 4.92 Å². The summed E-state index contributed by atoms with van der Waals surface area (Å²) in [7, 11) is 0. The van der Waals surface area contributed by atoms with E-state index in [1.165, 1.54) is 6.07 Å². The molecule has 0 aliphatic rings. The normalized spacial score (nSPS) is 10.1. The van der Waals surface area contributed by atoms with E-state index in [0.29, 0.717) is 11.4 Å². The van der Waals surface area contributed by atoms with Gasteiger partial charge in [-0.2, -0.15) is 0 Å². The van der Waals surface area contributed by atoms with Gasteiger partial charge < -0.3 is 11.1 Å². The molecule has 0 radical (unpaired) electrons. The molecule has 5 nitrogen and oxygen atoms in total. The number of hydrogen-bond donors (Lipinski definition) is 2. The summed E-state index contributed by atoms with van der Waals surface area (Å²) in [6.07, 6.45) is 0. The lowest BCUT2D eigenvalue weighted by atomic mass is 10.2. The molecule has 0 aliphatic heterocycles. The maximum Gasteiger partial charge on any atom is 0.293 e. The van der Waals surface area contributed by atoms with Gasteiger partial charge in [-0.05, 0) is 59.0 Å². The lowest BCUT2D eigenvalue weighted by Crippen LogP contribution is -1.97. The Bertz CT molecular complexity index is 584.